The van der Waals surface area contributed by atoms with Crippen LogP contribution in [0.4, 0.5) is 5.69 Å². The average Bonchev–Trinajstić information content (AvgIpc) is 3.29. The van der Waals surface area contributed by atoms with Gasteiger partial charge in [0.05, 0.1) is 6.54 Å². The van der Waals surface area contributed by atoms with Crippen LogP contribution in [0, 0.1) is 0 Å². The number of hydrogen-bond acceptors (Lipinski definition) is 3. The zero-order valence-electron chi connectivity index (χ0n) is 16.7. The second kappa shape index (κ2) is 9.62. The van der Waals surface area contributed by atoms with Gasteiger partial charge in [-0.3, -0.25) is 9.79 Å². The Labute approximate surface area is 163 Å². The summed E-state index contributed by atoms with van der Waals surface area (Å²) in [6, 6.07) is 9.04. The number of benzene rings is 1. The number of likely N-dealkylation sites (tertiary alicyclic amines) is 1. The first-order chi connectivity index (χ1) is 13.2. The molecule has 1 saturated heterocycles. The molecule has 1 amide bonds. The van der Waals surface area contributed by atoms with Crippen molar-refractivity contribution in [1.29, 1.82) is 0 Å². The van der Waals surface area contributed by atoms with E-state index < -0.39 is 0 Å². The fourth-order valence-electron chi connectivity index (χ4n) is 3.90. The van der Waals surface area contributed by atoms with Gasteiger partial charge < -0.3 is 20.4 Å². The number of nitrogens with zero attached hydrogens (tertiary/aromatic N) is 3. The lowest BCUT2D eigenvalue weighted by Crippen LogP contribution is -2.40. The minimum atomic E-state index is 0.301. The molecule has 0 saturated carbocycles. The van der Waals surface area contributed by atoms with Gasteiger partial charge in [0.15, 0.2) is 5.96 Å². The summed E-state index contributed by atoms with van der Waals surface area (Å²) in [4.78, 5) is 20.9. The van der Waals surface area contributed by atoms with Gasteiger partial charge in [-0.2, -0.15) is 0 Å². The number of anilines is 1. The van der Waals surface area contributed by atoms with Gasteiger partial charge in [-0.1, -0.05) is 18.2 Å². The van der Waals surface area contributed by atoms with Crippen LogP contribution in [0.15, 0.2) is 29.3 Å². The van der Waals surface area contributed by atoms with E-state index in [0.29, 0.717) is 11.9 Å². The standard InChI is InChI=1S/C21H33N5O/c1-3-22-21(23-12-7-14-25-13-6-10-20(25)27)24-16-17(2)26-15-11-18-8-4-5-9-19(18)26/h4-5,8-9,17H,3,6-7,10-16H2,1-2H3,(H2,22,23,24). The summed E-state index contributed by atoms with van der Waals surface area (Å²) in [6.45, 7) is 9.59. The summed E-state index contributed by atoms with van der Waals surface area (Å²) in [7, 11) is 0. The highest BCUT2D eigenvalue weighted by atomic mass is 16.2. The van der Waals surface area contributed by atoms with Crippen LogP contribution in [-0.2, 0) is 11.2 Å². The summed E-state index contributed by atoms with van der Waals surface area (Å²) in [6.07, 6.45) is 3.80. The highest BCUT2D eigenvalue weighted by Gasteiger charge is 2.22. The highest BCUT2D eigenvalue weighted by molar-refractivity contribution is 5.80. The van der Waals surface area contributed by atoms with E-state index in [2.05, 4.69) is 53.6 Å². The molecular formula is C21H33N5O. The van der Waals surface area contributed by atoms with E-state index in [9.17, 15) is 4.79 Å². The van der Waals surface area contributed by atoms with Crippen molar-refractivity contribution in [2.24, 2.45) is 4.99 Å². The summed E-state index contributed by atoms with van der Waals surface area (Å²) in [5, 5.41) is 6.73. The first kappa shape index (κ1) is 19.5. The van der Waals surface area contributed by atoms with Crippen LogP contribution in [-0.4, -0.2) is 62.1 Å². The Bertz CT molecular complexity index is 660. The molecule has 3 rings (SSSR count). The molecule has 1 unspecified atom stereocenters. The Morgan fingerprint density at radius 3 is 2.85 bits per heavy atom. The zero-order valence-corrected chi connectivity index (χ0v) is 16.7. The van der Waals surface area contributed by atoms with Crippen molar-refractivity contribution in [2.75, 3.05) is 44.2 Å². The molecule has 2 N–H and O–H groups in total. The topological polar surface area (TPSA) is 60.0 Å². The summed E-state index contributed by atoms with van der Waals surface area (Å²) in [5.41, 5.74) is 2.79. The number of guanidine groups is 1. The smallest absolute Gasteiger partial charge is 0.222 e. The second-order valence-corrected chi connectivity index (χ2v) is 7.41. The maximum atomic E-state index is 11.7. The summed E-state index contributed by atoms with van der Waals surface area (Å²) in [5.74, 6) is 1.17. The zero-order chi connectivity index (χ0) is 19.1. The molecule has 148 valence electrons. The van der Waals surface area contributed by atoms with Crippen LogP contribution in [0.1, 0.15) is 38.7 Å². The van der Waals surface area contributed by atoms with E-state index in [1.54, 1.807) is 0 Å². The first-order valence-electron chi connectivity index (χ1n) is 10.3. The van der Waals surface area contributed by atoms with E-state index in [1.807, 2.05) is 4.90 Å². The van der Waals surface area contributed by atoms with Crippen LogP contribution in [0.5, 0.6) is 0 Å². The monoisotopic (exact) mass is 371 g/mol. The Balaban J connectivity index is 1.46. The van der Waals surface area contributed by atoms with E-state index in [-0.39, 0.29) is 0 Å². The number of carbonyl (C=O) groups is 1. The van der Waals surface area contributed by atoms with Crippen molar-refractivity contribution in [3.8, 4) is 0 Å². The van der Waals surface area contributed by atoms with Crippen LogP contribution >= 0.6 is 0 Å². The predicted molar refractivity (Wildman–Crippen MR) is 111 cm³/mol. The molecule has 1 aromatic carbocycles. The number of fused-ring (bicyclic) bond motifs is 1. The number of hydrogen-bond donors (Lipinski definition) is 2. The van der Waals surface area contributed by atoms with Gasteiger partial charge in [-0.05, 0) is 44.7 Å². The first-order valence-corrected chi connectivity index (χ1v) is 10.3. The molecule has 0 aromatic heterocycles. The van der Waals surface area contributed by atoms with Crippen molar-refractivity contribution in [2.45, 2.75) is 45.6 Å². The van der Waals surface area contributed by atoms with E-state index in [1.165, 1.54) is 11.3 Å². The van der Waals surface area contributed by atoms with Crippen molar-refractivity contribution < 1.29 is 4.79 Å². The molecular weight excluding hydrogens is 338 g/mol. The molecule has 6 nitrogen and oxygen atoms in total. The Morgan fingerprint density at radius 2 is 2.07 bits per heavy atom. The van der Waals surface area contributed by atoms with Crippen LogP contribution in [0.2, 0.25) is 0 Å². The molecule has 1 fully saturated rings. The molecule has 1 atom stereocenters. The van der Waals surface area contributed by atoms with Crippen LogP contribution < -0.4 is 15.5 Å². The van der Waals surface area contributed by atoms with Crippen molar-refractivity contribution >= 4 is 17.6 Å². The molecule has 6 heteroatoms. The third-order valence-electron chi connectivity index (χ3n) is 5.38. The second-order valence-electron chi connectivity index (χ2n) is 7.41. The molecule has 1 aromatic rings. The number of aliphatic imine (C=N–C) groups is 1. The van der Waals surface area contributed by atoms with Crippen molar-refractivity contribution in [3.63, 3.8) is 0 Å². The number of rotatable bonds is 8. The van der Waals surface area contributed by atoms with E-state index in [4.69, 9.17) is 4.99 Å². The minimum Gasteiger partial charge on any atom is -0.366 e. The fraction of sp³-hybridized carbons (Fsp3) is 0.619. The summed E-state index contributed by atoms with van der Waals surface area (Å²) < 4.78 is 0. The molecule has 2 aliphatic rings. The number of para-hydroxylation sites is 1. The minimum absolute atomic E-state index is 0.301. The number of amides is 1. The molecule has 0 aliphatic carbocycles. The molecule has 0 spiro atoms. The highest BCUT2D eigenvalue weighted by Crippen LogP contribution is 2.29. The van der Waals surface area contributed by atoms with E-state index >= 15 is 0 Å². The van der Waals surface area contributed by atoms with Gasteiger partial charge in [-0.15, -0.1) is 0 Å². The van der Waals surface area contributed by atoms with Crippen LogP contribution in [0.3, 0.4) is 0 Å². The Morgan fingerprint density at radius 1 is 1.22 bits per heavy atom. The van der Waals surface area contributed by atoms with Crippen molar-refractivity contribution in [1.82, 2.24) is 15.5 Å². The molecule has 2 aliphatic heterocycles. The quantitative estimate of drug-likeness (QED) is 0.417. The normalized spacial score (nSPS) is 18.0. The van der Waals surface area contributed by atoms with Gasteiger partial charge >= 0.3 is 0 Å². The van der Waals surface area contributed by atoms with Gasteiger partial charge in [0.25, 0.3) is 0 Å². The molecule has 0 bridgehead atoms. The molecule has 0 radical (unpaired) electrons. The number of carbonyl (C=O) groups excluding carboxylic acids is 1. The third kappa shape index (κ3) is 5.15. The number of nitrogens with one attached hydrogen (secondary N) is 2. The average molecular weight is 372 g/mol. The molecule has 2 heterocycles. The molecule has 27 heavy (non-hydrogen) atoms. The Kier molecular flexibility index (Phi) is 6.96. The lowest BCUT2D eigenvalue weighted by Gasteiger charge is -2.26. The third-order valence-corrected chi connectivity index (χ3v) is 5.38. The Hall–Kier alpha value is -2.24. The van der Waals surface area contributed by atoms with Gasteiger partial charge in [0.1, 0.15) is 0 Å². The lowest BCUT2D eigenvalue weighted by atomic mass is 10.2. The van der Waals surface area contributed by atoms with Crippen LogP contribution in [0.25, 0.3) is 0 Å². The lowest BCUT2D eigenvalue weighted by molar-refractivity contribution is -0.127. The largest absolute Gasteiger partial charge is 0.366 e. The maximum absolute atomic E-state index is 11.7. The summed E-state index contributed by atoms with van der Waals surface area (Å²) >= 11 is 0. The van der Waals surface area contributed by atoms with Crippen molar-refractivity contribution in [3.05, 3.63) is 29.8 Å². The maximum Gasteiger partial charge on any atom is 0.222 e. The van der Waals surface area contributed by atoms with Gasteiger partial charge in [0, 0.05) is 50.9 Å². The van der Waals surface area contributed by atoms with Gasteiger partial charge in [-0.25, -0.2) is 0 Å². The SMILES string of the molecule is CCNC(=NCC(C)N1CCc2ccccc21)NCCCN1CCCC1=O. The van der Waals surface area contributed by atoms with Gasteiger partial charge in [0.2, 0.25) is 5.91 Å². The fourth-order valence-corrected chi connectivity index (χ4v) is 3.90. The van der Waals surface area contributed by atoms with E-state index in [0.717, 1.165) is 70.9 Å². The predicted octanol–water partition coefficient (Wildman–Crippen LogP) is 2.01.